The summed E-state index contributed by atoms with van der Waals surface area (Å²) in [5, 5.41) is 9.46. The quantitative estimate of drug-likeness (QED) is 0.0770. The van der Waals surface area contributed by atoms with E-state index in [1.807, 2.05) is 67.6 Å². The third kappa shape index (κ3) is 25.6. The molecule has 0 radical (unpaired) electrons. The number of hydrogen-bond donors (Lipinski definition) is 3. The highest BCUT2D eigenvalue weighted by Gasteiger charge is 1.97. The van der Waals surface area contributed by atoms with Gasteiger partial charge in [-0.3, -0.25) is 0 Å². The number of aryl methyl sites for hydroxylation is 2. The highest BCUT2D eigenvalue weighted by molar-refractivity contribution is 7.80. The Balaban J connectivity index is 0. The number of thiocarbonyl (C=S) groups is 2. The van der Waals surface area contributed by atoms with Crippen molar-refractivity contribution in [1.29, 1.82) is 0 Å². The molecule has 0 amide bonds. The van der Waals surface area contributed by atoms with Crippen molar-refractivity contribution in [1.82, 2.24) is 5.32 Å². The molecule has 0 heterocycles. The molecule has 0 aliphatic rings. The molecule has 246 valence electrons. The Morgan fingerprint density at radius 1 is 0.826 bits per heavy atom. The Hall–Kier alpha value is -3.71. The van der Waals surface area contributed by atoms with Crippen LogP contribution in [0.4, 0.5) is 11.4 Å². The van der Waals surface area contributed by atoms with Crippen molar-refractivity contribution in [2.24, 2.45) is 15.7 Å². The van der Waals surface area contributed by atoms with Crippen molar-refractivity contribution in [3.63, 3.8) is 0 Å². The van der Waals surface area contributed by atoms with E-state index < -0.39 is 0 Å². The van der Waals surface area contributed by atoms with E-state index in [2.05, 4.69) is 100 Å². The fraction of sp³-hybridized carbons (Fsp3) is 0.250. The maximum atomic E-state index is 9.27. The van der Waals surface area contributed by atoms with E-state index in [1.54, 1.807) is 0 Å². The van der Waals surface area contributed by atoms with Crippen LogP contribution in [0.25, 0.3) is 0 Å². The molecule has 0 spiro atoms. The zero-order chi connectivity index (χ0) is 33.5. The summed E-state index contributed by atoms with van der Waals surface area (Å²) in [6, 6.07) is 36.1. The largest absolute Gasteiger partial charge is 0.358 e. The average molecular weight is 699 g/mol. The zero-order valence-electron chi connectivity index (χ0n) is 25.9. The van der Waals surface area contributed by atoms with Crippen LogP contribution in [0.2, 0.25) is 0 Å². The molecule has 0 fully saturated rings. The number of nitrogens with zero attached hydrogens (tertiary/aromatic N) is 2. The SMILES string of the molecule is C.CCCN=C=O.Cc1ccc(CN)cc1.Cc1ccc(CNC(=S)Nc2ccccc2)cc1.ClCCl.S=C=Nc1ccccc1. The van der Waals surface area contributed by atoms with Gasteiger partial charge in [-0.15, -0.1) is 23.2 Å². The molecule has 4 aromatic rings. The molecule has 4 rings (SSSR count). The first-order chi connectivity index (χ1) is 21.8. The van der Waals surface area contributed by atoms with Crippen LogP contribution in [-0.2, 0) is 17.9 Å². The summed E-state index contributed by atoms with van der Waals surface area (Å²) >= 11 is 19.2. The van der Waals surface area contributed by atoms with Gasteiger partial charge in [0.15, 0.2) is 5.11 Å². The lowest BCUT2D eigenvalue weighted by Crippen LogP contribution is -2.27. The van der Waals surface area contributed by atoms with E-state index in [0.29, 0.717) is 18.2 Å². The molecule has 4 aromatic carbocycles. The Labute approximate surface area is 296 Å². The second-order valence-electron chi connectivity index (χ2n) is 8.96. The summed E-state index contributed by atoms with van der Waals surface area (Å²) < 4.78 is 0. The van der Waals surface area contributed by atoms with Crippen LogP contribution in [0.3, 0.4) is 0 Å². The number of halogens is 2. The van der Waals surface area contributed by atoms with Crippen molar-refractivity contribution in [3.05, 3.63) is 131 Å². The minimum absolute atomic E-state index is 0. The predicted octanol–water partition coefficient (Wildman–Crippen LogP) is 10.1. The van der Waals surface area contributed by atoms with Crippen LogP contribution in [-0.4, -0.2) is 28.2 Å². The number of hydrogen-bond acceptors (Lipinski definition) is 6. The molecular formula is C36H45Cl2N5OS2. The first-order valence-electron chi connectivity index (χ1n) is 14.0. The third-order valence-corrected chi connectivity index (χ3v) is 5.63. The molecule has 0 bridgehead atoms. The van der Waals surface area contributed by atoms with Gasteiger partial charge in [0, 0.05) is 18.8 Å². The summed E-state index contributed by atoms with van der Waals surface area (Å²) in [5.74, 6) is 0. The lowest BCUT2D eigenvalue weighted by atomic mass is 10.1. The highest BCUT2D eigenvalue weighted by atomic mass is 35.5. The number of alkyl halides is 2. The fourth-order valence-electron chi connectivity index (χ4n) is 3.02. The number of isothiocyanates is 1. The molecule has 4 N–H and O–H groups in total. The molecule has 0 unspecified atom stereocenters. The number of aliphatic imine (C=N–C) groups is 2. The standard InChI is InChI=1S/C15H16N2S.C8H11N.C7H5NS.C4H7NO.CH2Cl2.CH4/c1-12-7-9-13(10-8-12)11-16-15(18)17-14-5-3-2-4-6-14;1-7-2-4-8(6-9)5-3-7;9-6-8-7-4-2-1-3-5-7;1-2-3-5-4-6;2-1-3;/h2-10H,11H2,1H3,(H2,16,17,18);2-5H,6,9H2,1H3;1-5H;2-3H2,1H3;1H2;1H4. The van der Waals surface area contributed by atoms with Gasteiger partial charge in [0.05, 0.1) is 22.7 Å². The van der Waals surface area contributed by atoms with Gasteiger partial charge < -0.3 is 16.4 Å². The number of nitrogens with two attached hydrogens (primary N) is 1. The molecular weight excluding hydrogens is 653 g/mol. The maximum Gasteiger partial charge on any atom is 0.234 e. The van der Waals surface area contributed by atoms with E-state index in [-0.39, 0.29) is 12.8 Å². The third-order valence-electron chi connectivity index (χ3n) is 5.29. The number of anilines is 1. The summed E-state index contributed by atoms with van der Waals surface area (Å²) in [6.07, 6.45) is 2.37. The zero-order valence-corrected chi connectivity index (χ0v) is 29.0. The van der Waals surface area contributed by atoms with Crippen LogP contribution in [0.5, 0.6) is 0 Å². The number of benzene rings is 4. The van der Waals surface area contributed by atoms with Gasteiger partial charge in [0.1, 0.15) is 0 Å². The summed E-state index contributed by atoms with van der Waals surface area (Å²) in [6.45, 7) is 8.10. The summed E-state index contributed by atoms with van der Waals surface area (Å²) in [4.78, 5) is 16.3. The second kappa shape index (κ2) is 31.3. The van der Waals surface area contributed by atoms with Gasteiger partial charge in [-0.1, -0.05) is 110 Å². The van der Waals surface area contributed by atoms with E-state index in [1.165, 1.54) is 28.3 Å². The van der Waals surface area contributed by atoms with Crippen molar-refractivity contribution >= 4 is 75.4 Å². The lowest BCUT2D eigenvalue weighted by Gasteiger charge is -2.10. The lowest BCUT2D eigenvalue weighted by molar-refractivity contribution is 0.562. The minimum Gasteiger partial charge on any atom is -0.358 e. The smallest absolute Gasteiger partial charge is 0.234 e. The second-order valence-corrected chi connectivity index (χ2v) is 10.4. The molecule has 10 heteroatoms. The van der Waals surface area contributed by atoms with Crippen molar-refractivity contribution in [2.75, 3.05) is 17.2 Å². The first-order valence-corrected chi connectivity index (χ1v) is 15.9. The number of nitrogens with one attached hydrogen (secondary N) is 2. The summed E-state index contributed by atoms with van der Waals surface area (Å²) in [7, 11) is 0. The molecule has 0 aliphatic carbocycles. The molecule has 6 nitrogen and oxygen atoms in total. The van der Waals surface area contributed by atoms with Crippen molar-refractivity contribution < 1.29 is 4.79 Å². The number of carbonyl (C=O) groups excluding carboxylic acids is 1. The molecule has 0 saturated carbocycles. The molecule has 0 atom stereocenters. The monoisotopic (exact) mass is 697 g/mol. The van der Waals surface area contributed by atoms with E-state index >= 15 is 0 Å². The number of isocyanates is 1. The van der Waals surface area contributed by atoms with Gasteiger partial charge >= 0.3 is 0 Å². The molecule has 0 saturated heterocycles. The number of para-hydroxylation sites is 2. The van der Waals surface area contributed by atoms with Crippen LogP contribution < -0.4 is 16.4 Å². The average Bonchev–Trinajstić information content (AvgIpc) is 3.06. The maximum absolute atomic E-state index is 9.27. The highest BCUT2D eigenvalue weighted by Crippen LogP contribution is 2.08. The Morgan fingerprint density at radius 3 is 1.72 bits per heavy atom. The van der Waals surface area contributed by atoms with Gasteiger partial charge in [0.2, 0.25) is 6.08 Å². The van der Waals surface area contributed by atoms with Gasteiger partial charge in [-0.25, -0.2) is 9.79 Å². The fourth-order valence-corrected chi connectivity index (χ4v) is 3.32. The Morgan fingerprint density at radius 2 is 1.30 bits per heavy atom. The van der Waals surface area contributed by atoms with E-state index in [4.69, 9.17) is 41.2 Å². The van der Waals surface area contributed by atoms with Crippen LogP contribution in [0.1, 0.15) is 43.0 Å². The van der Waals surface area contributed by atoms with Crippen molar-refractivity contribution in [3.8, 4) is 0 Å². The van der Waals surface area contributed by atoms with Crippen LogP contribution in [0.15, 0.2) is 119 Å². The number of rotatable bonds is 7. The van der Waals surface area contributed by atoms with Gasteiger partial charge in [0.25, 0.3) is 0 Å². The summed E-state index contributed by atoms with van der Waals surface area (Å²) in [5.41, 5.74) is 12.2. The molecule has 0 aromatic heterocycles. The van der Waals surface area contributed by atoms with Gasteiger partial charge in [-0.2, -0.15) is 4.99 Å². The first kappa shape index (κ1) is 44.4. The van der Waals surface area contributed by atoms with Crippen LogP contribution >= 0.6 is 47.6 Å². The normalized spacial score (nSPS) is 8.57. The van der Waals surface area contributed by atoms with Gasteiger partial charge in [-0.05, 0) is 80.1 Å². The van der Waals surface area contributed by atoms with E-state index in [9.17, 15) is 4.79 Å². The molecule has 0 aliphatic heterocycles. The Kier molecular flexibility index (Phi) is 30.2. The predicted molar refractivity (Wildman–Crippen MR) is 207 cm³/mol. The van der Waals surface area contributed by atoms with Crippen LogP contribution in [0, 0.1) is 13.8 Å². The van der Waals surface area contributed by atoms with Crippen molar-refractivity contribution in [2.45, 2.75) is 47.7 Å². The molecule has 46 heavy (non-hydrogen) atoms. The Bertz CT molecular complexity index is 1400. The minimum atomic E-state index is 0. The topological polar surface area (TPSA) is 91.9 Å². The van der Waals surface area contributed by atoms with E-state index in [0.717, 1.165) is 24.3 Å².